The van der Waals surface area contributed by atoms with Gasteiger partial charge in [-0.2, -0.15) is 13.2 Å². The van der Waals surface area contributed by atoms with Crippen LogP contribution in [0.25, 0.3) is 0 Å². The number of aromatic nitrogens is 2. The van der Waals surface area contributed by atoms with E-state index in [0.717, 1.165) is 6.54 Å². The smallest absolute Gasteiger partial charge is 0.422 e. The van der Waals surface area contributed by atoms with Gasteiger partial charge in [-0.1, -0.05) is 6.07 Å². The third kappa shape index (κ3) is 6.74. The fraction of sp³-hybridized carbons (Fsp3) is 0.375. The first-order chi connectivity index (χ1) is 12.0. The maximum atomic E-state index is 12.3. The largest absolute Gasteiger partial charge is 0.468 e. The van der Waals surface area contributed by atoms with Gasteiger partial charge in [-0.05, 0) is 18.2 Å². The summed E-state index contributed by atoms with van der Waals surface area (Å²) in [4.78, 5) is 7.94. The van der Waals surface area contributed by atoms with E-state index < -0.39 is 12.8 Å². The van der Waals surface area contributed by atoms with Gasteiger partial charge in [0.2, 0.25) is 5.88 Å². The standard InChI is InChI=1S/C16H20F3N5O/c1-20-15(22-7-10-24-8-2-3-9-24)23-11-13-5-4-6-21-14(13)25-12-16(17,18)19/h2-6,8-9H,7,10-12H2,1H3,(H2,20,22,23). The molecule has 136 valence electrons. The minimum atomic E-state index is -4.40. The number of rotatable bonds is 7. The Morgan fingerprint density at radius 3 is 2.68 bits per heavy atom. The number of pyridine rings is 1. The van der Waals surface area contributed by atoms with Crippen molar-refractivity contribution in [3.63, 3.8) is 0 Å². The Kier molecular flexibility index (Phi) is 6.67. The summed E-state index contributed by atoms with van der Waals surface area (Å²) in [5, 5.41) is 6.16. The van der Waals surface area contributed by atoms with E-state index in [1.54, 1.807) is 19.2 Å². The zero-order valence-electron chi connectivity index (χ0n) is 13.8. The van der Waals surface area contributed by atoms with Crippen molar-refractivity contribution in [2.24, 2.45) is 4.99 Å². The number of alkyl halides is 3. The first-order valence-electron chi connectivity index (χ1n) is 7.66. The number of hydrogen-bond acceptors (Lipinski definition) is 3. The lowest BCUT2D eigenvalue weighted by atomic mass is 10.2. The van der Waals surface area contributed by atoms with E-state index in [4.69, 9.17) is 4.74 Å². The average Bonchev–Trinajstić information content (AvgIpc) is 3.09. The molecule has 0 amide bonds. The van der Waals surface area contributed by atoms with E-state index in [2.05, 4.69) is 20.6 Å². The Hall–Kier alpha value is -2.71. The van der Waals surface area contributed by atoms with Crippen molar-refractivity contribution in [1.82, 2.24) is 20.2 Å². The van der Waals surface area contributed by atoms with Crippen molar-refractivity contribution in [3.05, 3.63) is 48.4 Å². The molecule has 25 heavy (non-hydrogen) atoms. The Bertz CT molecular complexity index is 671. The first-order valence-corrected chi connectivity index (χ1v) is 7.66. The van der Waals surface area contributed by atoms with E-state index in [1.807, 2.05) is 29.1 Å². The van der Waals surface area contributed by atoms with Crippen LogP contribution < -0.4 is 15.4 Å². The summed E-state index contributed by atoms with van der Waals surface area (Å²) < 4.78 is 43.7. The van der Waals surface area contributed by atoms with Crippen molar-refractivity contribution in [2.45, 2.75) is 19.3 Å². The molecule has 0 aliphatic rings. The molecule has 2 heterocycles. The first kappa shape index (κ1) is 18.6. The van der Waals surface area contributed by atoms with E-state index in [1.165, 1.54) is 6.20 Å². The third-order valence-electron chi connectivity index (χ3n) is 3.22. The number of hydrogen-bond donors (Lipinski definition) is 2. The molecule has 6 nitrogen and oxygen atoms in total. The van der Waals surface area contributed by atoms with Crippen LogP contribution in [0, 0.1) is 0 Å². The van der Waals surface area contributed by atoms with Crippen LogP contribution in [0.15, 0.2) is 47.8 Å². The number of ether oxygens (including phenoxy) is 1. The van der Waals surface area contributed by atoms with Gasteiger partial charge in [0, 0.05) is 50.8 Å². The van der Waals surface area contributed by atoms with Crippen molar-refractivity contribution < 1.29 is 17.9 Å². The normalized spacial score (nSPS) is 12.1. The summed E-state index contributed by atoms with van der Waals surface area (Å²) in [6.07, 6.45) is 0.896. The summed E-state index contributed by atoms with van der Waals surface area (Å²) in [5.74, 6) is 0.493. The molecule has 0 fully saturated rings. The van der Waals surface area contributed by atoms with E-state index in [-0.39, 0.29) is 12.4 Å². The van der Waals surface area contributed by atoms with Gasteiger partial charge in [0.15, 0.2) is 12.6 Å². The monoisotopic (exact) mass is 355 g/mol. The molecule has 0 aromatic carbocycles. The topological polar surface area (TPSA) is 63.5 Å². The highest BCUT2D eigenvalue weighted by atomic mass is 19.4. The lowest BCUT2D eigenvalue weighted by molar-refractivity contribution is -0.154. The average molecular weight is 355 g/mol. The zero-order chi connectivity index (χ0) is 18.1. The molecule has 0 saturated carbocycles. The summed E-state index contributed by atoms with van der Waals surface area (Å²) >= 11 is 0. The molecular weight excluding hydrogens is 335 g/mol. The molecule has 2 aromatic heterocycles. The summed E-state index contributed by atoms with van der Waals surface area (Å²) in [5.41, 5.74) is 0.514. The predicted molar refractivity (Wildman–Crippen MR) is 88.4 cm³/mol. The van der Waals surface area contributed by atoms with Gasteiger partial charge in [0.25, 0.3) is 0 Å². The van der Waals surface area contributed by atoms with Crippen LogP contribution in [0.4, 0.5) is 13.2 Å². The van der Waals surface area contributed by atoms with E-state index >= 15 is 0 Å². The van der Waals surface area contributed by atoms with Crippen molar-refractivity contribution in [2.75, 3.05) is 20.2 Å². The van der Waals surface area contributed by atoms with Crippen LogP contribution in [0.2, 0.25) is 0 Å². The Labute approximate surface area is 143 Å². The molecule has 0 spiro atoms. The molecule has 0 unspecified atom stereocenters. The Morgan fingerprint density at radius 2 is 2.00 bits per heavy atom. The number of nitrogens with zero attached hydrogens (tertiary/aromatic N) is 3. The highest BCUT2D eigenvalue weighted by Crippen LogP contribution is 2.19. The second-order valence-corrected chi connectivity index (χ2v) is 5.14. The van der Waals surface area contributed by atoms with Crippen LogP contribution >= 0.6 is 0 Å². The second kappa shape index (κ2) is 8.95. The Morgan fingerprint density at radius 1 is 1.24 bits per heavy atom. The minimum Gasteiger partial charge on any atom is -0.468 e. The zero-order valence-corrected chi connectivity index (χ0v) is 13.8. The quantitative estimate of drug-likeness (QED) is 0.590. The van der Waals surface area contributed by atoms with Crippen LogP contribution in [-0.4, -0.2) is 41.9 Å². The Balaban J connectivity index is 1.84. The van der Waals surface area contributed by atoms with Crippen LogP contribution in [-0.2, 0) is 13.1 Å². The SMILES string of the molecule is CN=C(NCCn1cccc1)NCc1cccnc1OCC(F)(F)F. The summed E-state index contributed by atoms with van der Waals surface area (Å²) in [6, 6.07) is 7.18. The van der Waals surface area contributed by atoms with Gasteiger partial charge in [-0.25, -0.2) is 4.98 Å². The number of guanidine groups is 1. The lowest BCUT2D eigenvalue weighted by Crippen LogP contribution is -2.38. The summed E-state index contributed by atoms with van der Waals surface area (Å²) in [7, 11) is 1.62. The maximum absolute atomic E-state index is 12.3. The maximum Gasteiger partial charge on any atom is 0.422 e. The molecule has 0 radical (unpaired) electrons. The molecule has 0 aliphatic heterocycles. The van der Waals surface area contributed by atoms with E-state index in [0.29, 0.717) is 18.1 Å². The van der Waals surface area contributed by atoms with Gasteiger partial charge < -0.3 is 19.9 Å². The van der Waals surface area contributed by atoms with Crippen LogP contribution in [0.1, 0.15) is 5.56 Å². The van der Waals surface area contributed by atoms with Crippen molar-refractivity contribution in [3.8, 4) is 5.88 Å². The number of halogens is 3. The summed E-state index contributed by atoms with van der Waals surface area (Å²) in [6.45, 7) is 0.282. The molecule has 0 bridgehead atoms. The van der Waals surface area contributed by atoms with Gasteiger partial charge in [0.05, 0.1) is 0 Å². The van der Waals surface area contributed by atoms with Gasteiger partial charge in [-0.3, -0.25) is 4.99 Å². The molecule has 0 saturated heterocycles. The molecule has 2 N–H and O–H groups in total. The fourth-order valence-corrected chi connectivity index (χ4v) is 2.06. The van der Waals surface area contributed by atoms with E-state index in [9.17, 15) is 13.2 Å². The fourth-order valence-electron chi connectivity index (χ4n) is 2.06. The van der Waals surface area contributed by atoms with Gasteiger partial charge >= 0.3 is 6.18 Å². The minimum absolute atomic E-state index is 0.0462. The van der Waals surface area contributed by atoms with Crippen LogP contribution in [0.3, 0.4) is 0 Å². The molecular formula is C16H20F3N5O. The second-order valence-electron chi connectivity index (χ2n) is 5.14. The van der Waals surface area contributed by atoms with Crippen molar-refractivity contribution >= 4 is 5.96 Å². The van der Waals surface area contributed by atoms with Gasteiger partial charge in [0.1, 0.15) is 0 Å². The molecule has 0 aliphatic carbocycles. The highest BCUT2D eigenvalue weighted by Gasteiger charge is 2.29. The van der Waals surface area contributed by atoms with Crippen LogP contribution in [0.5, 0.6) is 5.88 Å². The predicted octanol–water partition coefficient (Wildman–Crippen LogP) is 2.19. The number of aliphatic imine (C=N–C) groups is 1. The van der Waals surface area contributed by atoms with Gasteiger partial charge in [-0.15, -0.1) is 0 Å². The highest BCUT2D eigenvalue weighted by molar-refractivity contribution is 5.79. The molecule has 0 atom stereocenters. The molecule has 9 heteroatoms. The lowest BCUT2D eigenvalue weighted by Gasteiger charge is -2.15. The molecule has 2 aromatic rings. The number of nitrogens with one attached hydrogen (secondary N) is 2. The third-order valence-corrected chi connectivity index (χ3v) is 3.22. The van der Waals surface area contributed by atoms with Crippen molar-refractivity contribution in [1.29, 1.82) is 0 Å². The molecule has 2 rings (SSSR count).